The third-order valence-electron chi connectivity index (χ3n) is 4.39. The number of nitrogens with two attached hydrogens (primary N) is 1. The molecule has 0 aliphatic heterocycles. The van der Waals surface area contributed by atoms with Crippen molar-refractivity contribution in [2.24, 2.45) is 0 Å². The summed E-state index contributed by atoms with van der Waals surface area (Å²) in [6, 6.07) is 18.3. The molecule has 0 atom stereocenters. The molecular weight excluding hydrogens is 314 g/mol. The van der Waals surface area contributed by atoms with Crippen molar-refractivity contribution in [3.63, 3.8) is 0 Å². The zero-order chi connectivity index (χ0) is 17.6. The van der Waals surface area contributed by atoms with Crippen LogP contribution in [0, 0.1) is 0 Å². The highest BCUT2D eigenvalue weighted by Crippen LogP contribution is 2.33. The molecule has 4 rings (SSSR count). The number of hydrogen-bond donors (Lipinski definition) is 1. The van der Waals surface area contributed by atoms with Crippen molar-refractivity contribution in [1.82, 2.24) is 0 Å². The lowest BCUT2D eigenvalue weighted by molar-refractivity contribution is 0.0971. The van der Waals surface area contributed by atoms with Gasteiger partial charge in [0.2, 0.25) is 0 Å². The van der Waals surface area contributed by atoms with Crippen molar-refractivity contribution < 1.29 is 14.4 Å². The Morgan fingerprint density at radius 3 is 1.88 bits per heavy atom. The van der Waals surface area contributed by atoms with Crippen LogP contribution in [0.1, 0.15) is 47.8 Å². The van der Waals surface area contributed by atoms with Crippen LogP contribution in [0.3, 0.4) is 0 Å². The Morgan fingerprint density at radius 1 is 0.680 bits per heavy atom. The summed E-state index contributed by atoms with van der Waals surface area (Å²) in [5, 5.41) is 0. The van der Waals surface area contributed by atoms with Gasteiger partial charge in [0.1, 0.15) is 0 Å². The van der Waals surface area contributed by atoms with Crippen molar-refractivity contribution in [2.45, 2.75) is 0 Å². The van der Waals surface area contributed by atoms with Gasteiger partial charge in [-0.2, -0.15) is 0 Å². The van der Waals surface area contributed by atoms with E-state index in [1.165, 1.54) is 12.1 Å². The van der Waals surface area contributed by atoms with Crippen LogP contribution in [0.4, 0.5) is 5.69 Å². The van der Waals surface area contributed by atoms with Crippen LogP contribution >= 0.6 is 0 Å². The standard InChI is InChI=1S/C21H13NO3/c22-16-11-10-15(19(23)12-6-2-1-3-7-12)17-18(16)21(25)14-9-5-4-8-13(14)20(17)24/h1-11H,22H2. The van der Waals surface area contributed by atoms with Crippen molar-refractivity contribution in [1.29, 1.82) is 0 Å². The molecule has 0 amide bonds. The van der Waals surface area contributed by atoms with Gasteiger partial charge >= 0.3 is 0 Å². The maximum Gasteiger partial charge on any atom is 0.196 e. The predicted molar refractivity (Wildman–Crippen MR) is 94.0 cm³/mol. The molecule has 120 valence electrons. The third-order valence-corrected chi connectivity index (χ3v) is 4.39. The van der Waals surface area contributed by atoms with Crippen molar-refractivity contribution in [3.8, 4) is 0 Å². The van der Waals surface area contributed by atoms with E-state index in [4.69, 9.17) is 5.73 Å². The number of carbonyl (C=O) groups is 3. The number of hydrogen-bond acceptors (Lipinski definition) is 4. The van der Waals surface area contributed by atoms with Gasteiger partial charge in [0.25, 0.3) is 0 Å². The highest BCUT2D eigenvalue weighted by Gasteiger charge is 2.34. The van der Waals surface area contributed by atoms with Gasteiger partial charge in [0.15, 0.2) is 17.3 Å². The van der Waals surface area contributed by atoms with Crippen LogP contribution < -0.4 is 5.73 Å². The molecule has 3 aromatic carbocycles. The SMILES string of the molecule is Nc1ccc(C(=O)c2ccccc2)c2c1C(=O)c1ccccc1C2=O. The zero-order valence-corrected chi connectivity index (χ0v) is 13.2. The van der Waals surface area contributed by atoms with Crippen LogP contribution in [0.15, 0.2) is 66.7 Å². The smallest absolute Gasteiger partial charge is 0.196 e. The minimum absolute atomic E-state index is 0.0950. The number of nitrogen functional groups attached to an aromatic ring is 1. The second-order valence-electron chi connectivity index (χ2n) is 5.85. The second-order valence-corrected chi connectivity index (χ2v) is 5.85. The lowest BCUT2D eigenvalue weighted by atomic mass is 9.79. The van der Waals surface area contributed by atoms with Gasteiger partial charge in [-0.15, -0.1) is 0 Å². The Morgan fingerprint density at radius 2 is 1.24 bits per heavy atom. The average molecular weight is 327 g/mol. The molecule has 0 fully saturated rings. The van der Waals surface area contributed by atoms with E-state index in [1.807, 2.05) is 0 Å². The molecule has 4 heteroatoms. The molecule has 0 unspecified atom stereocenters. The average Bonchev–Trinajstić information content (AvgIpc) is 2.66. The molecule has 0 aromatic heterocycles. The Kier molecular flexibility index (Phi) is 3.32. The maximum atomic E-state index is 13.0. The van der Waals surface area contributed by atoms with Crippen molar-refractivity contribution in [3.05, 3.63) is 100 Å². The summed E-state index contributed by atoms with van der Waals surface area (Å²) >= 11 is 0. The molecule has 3 aromatic rings. The van der Waals surface area contributed by atoms with Crippen LogP contribution in [0.2, 0.25) is 0 Å². The minimum Gasteiger partial charge on any atom is -0.398 e. The van der Waals surface area contributed by atoms with Gasteiger partial charge in [0, 0.05) is 33.5 Å². The summed E-state index contributed by atoms with van der Waals surface area (Å²) in [5.74, 6) is -0.987. The van der Waals surface area contributed by atoms with Crippen LogP contribution in [0.5, 0.6) is 0 Å². The fraction of sp³-hybridized carbons (Fsp3) is 0. The Bertz CT molecular complexity index is 1050. The number of benzene rings is 3. The highest BCUT2D eigenvalue weighted by molar-refractivity contribution is 6.33. The lowest BCUT2D eigenvalue weighted by Gasteiger charge is -2.21. The first-order valence-corrected chi connectivity index (χ1v) is 7.80. The summed E-state index contributed by atoms with van der Waals surface area (Å²) in [6.45, 7) is 0. The topological polar surface area (TPSA) is 77.2 Å². The molecule has 0 saturated heterocycles. The van der Waals surface area contributed by atoms with E-state index in [9.17, 15) is 14.4 Å². The minimum atomic E-state index is -0.350. The van der Waals surface area contributed by atoms with Gasteiger partial charge in [-0.05, 0) is 12.1 Å². The van der Waals surface area contributed by atoms with Gasteiger partial charge < -0.3 is 5.73 Å². The summed E-state index contributed by atoms with van der Waals surface area (Å²) in [7, 11) is 0. The highest BCUT2D eigenvalue weighted by atomic mass is 16.1. The van der Waals surface area contributed by atoms with E-state index in [1.54, 1.807) is 54.6 Å². The molecule has 0 spiro atoms. The van der Waals surface area contributed by atoms with E-state index < -0.39 is 0 Å². The fourth-order valence-corrected chi connectivity index (χ4v) is 3.18. The fourth-order valence-electron chi connectivity index (χ4n) is 3.18. The number of ketones is 3. The van der Waals surface area contributed by atoms with Gasteiger partial charge in [-0.25, -0.2) is 0 Å². The van der Waals surface area contributed by atoms with E-state index in [0.29, 0.717) is 16.7 Å². The van der Waals surface area contributed by atoms with Crippen LogP contribution in [-0.4, -0.2) is 17.3 Å². The molecule has 0 saturated carbocycles. The normalized spacial score (nSPS) is 12.5. The summed E-state index contributed by atoms with van der Waals surface area (Å²) in [6.07, 6.45) is 0. The molecule has 2 N–H and O–H groups in total. The molecule has 4 nitrogen and oxygen atoms in total. The molecule has 0 bridgehead atoms. The van der Waals surface area contributed by atoms with Crippen LogP contribution in [0.25, 0.3) is 0 Å². The van der Waals surface area contributed by atoms with Crippen LogP contribution in [-0.2, 0) is 0 Å². The molecule has 0 heterocycles. The number of fused-ring (bicyclic) bond motifs is 2. The Labute approximate surface area is 143 Å². The number of rotatable bonds is 2. The first-order chi connectivity index (χ1) is 12.1. The Balaban J connectivity index is 1.98. The van der Waals surface area contributed by atoms with Gasteiger partial charge in [-0.3, -0.25) is 14.4 Å². The lowest BCUT2D eigenvalue weighted by Crippen LogP contribution is -2.25. The van der Waals surface area contributed by atoms with E-state index in [2.05, 4.69) is 0 Å². The first kappa shape index (κ1) is 15.0. The molecule has 1 aliphatic carbocycles. The van der Waals surface area contributed by atoms with Crippen molar-refractivity contribution in [2.75, 3.05) is 5.73 Å². The summed E-state index contributed by atoms with van der Waals surface area (Å²) < 4.78 is 0. The zero-order valence-electron chi connectivity index (χ0n) is 13.2. The number of carbonyl (C=O) groups excluding carboxylic acids is 3. The van der Waals surface area contributed by atoms with Crippen molar-refractivity contribution >= 4 is 23.0 Å². The first-order valence-electron chi connectivity index (χ1n) is 7.80. The molecular formula is C21H13NO3. The summed E-state index contributed by atoms with van der Waals surface area (Å²) in [4.78, 5) is 38.7. The van der Waals surface area contributed by atoms with E-state index in [0.717, 1.165) is 0 Å². The third kappa shape index (κ3) is 2.19. The summed E-state index contributed by atoms with van der Waals surface area (Å²) in [5.41, 5.74) is 7.65. The Hall–Kier alpha value is -3.53. The molecule has 25 heavy (non-hydrogen) atoms. The van der Waals surface area contributed by atoms with E-state index in [-0.39, 0.29) is 39.7 Å². The maximum absolute atomic E-state index is 13.0. The number of anilines is 1. The van der Waals surface area contributed by atoms with Gasteiger partial charge in [-0.1, -0.05) is 54.6 Å². The largest absolute Gasteiger partial charge is 0.398 e. The second kappa shape index (κ2) is 5.53. The molecule has 1 aliphatic rings. The monoisotopic (exact) mass is 327 g/mol. The van der Waals surface area contributed by atoms with E-state index >= 15 is 0 Å². The predicted octanol–water partition coefficient (Wildman–Crippen LogP) is 3.28. The quantitative estimate of drug-likeness (QED) is 0.453. The van der Waals surface area contributed by atoms with Gasteiger partial charge in [0.05, 0.1) is 5.56 Å². The molecule has 0 radical (unpaired) electrons.